The number of nitrogens with zero attached hydrogens (tertiary/aromatic N) is 2. The normalized spacial score (nSPS) is 12.3. The van der Waals surface area contributed by atoms with E-state index in [1.807, 2.05) is 0 Å². The Morgan fingerprint density at radius 1 is 1.05 bits per heavy atom. The van der Waals surface area contributed by atoms with Crippen LogP contribution in [-0.2, 0) is 10.0 Å². The van der Waals surface area contributed by atoms with Gasteiger partial charge in [-0.3, -0.25) is 0 Å². The molecular formula is C15H14BrClN2O2S. The van der Waals surface area contributed by atoms with Gasteiger partial charge in [0.2, 0.25) is 0 Å². The maximum Gasteiger partial charge on any atom is 0.284 e. The predicted molar refractivity (Wildman–Crippen MR) is 93.0 cm³/mol. The molecule has 0 unspecified atom stereocenters. The lowest BCUT2D eigenvalue weighted by atomic mass is 10.2. The number of rotatable bonds is 3. The second kappa shape index (κ2) is 6.81. The first-order valence-corrected chi connectivity index (χ1v) is 8.94. The average Bonchev–Trinajstić information content (AvgIpc) is 2.46. The Labute approximate surface area is 143 Å². The molecule has 0 bridgehead atoms. The van der Waals surface area contributed by atoms with E-state index in [0.717, 1.165) is 4.47 Å². The Morgan fingerprint density at radius 3 is 2.09 bits per heavy atom. The molecule has 2 rings (SSSR count). The van der Waals surface area contributed by atoms with Crippen molar-refractivity contribution in [2.24, 2.45) is 4.40 Å². The average molecular weight is 402 g/mol. The van der Waals surface area contributed by atoms with Crippen LogP contribution in [0.25, 0.3) is 0 Å². The molecule has 0 atom stereocenters. The molecule has 0 fully saturated rings. The summed E-state index contributed by atoms with van der Waals surface area (Å²) in [6.07, 6.45) is 0. The van der Waals surface area contributed by atoms with Crippen molar-refractivity contribution in [1.82, 2.24) is 4.90 Å². The molecule has 2 aromatic carbocycles. The maximum absolute atomic E-state index is 12.4. The largest absolute Gasteiger partial charge is 0.362 e. The molecule has 0 saturated heterocycles. The highest BCUT2D eigenvalue weighted by Gasteiger charge is 2.16. The lowest BCUT2D eigenvalue weighted by Crippen LogP contribution is -2.24. The molecule has 4 nitrogen and oxygen atoms in total. The zero-order valence-corrected chi connectivity index (χ0v) is 15.2. The lowest BCUT2D eigenvalue weighted by molar-refractivity contribution is 0.592. The van der Waals surface area contributed by atoms with Crippen LogP contribution in [0.5, 0.6) is 0 Å². The molecule has 0 N–H and O–H groups in total. The van der Waals surface area contributed by atoms with Gasteiger partial charge in [0.05, 0.1) is 4.90 Å². The highest BCUT2D eigenvalue weighted by atomic mass is 79.9. The van der Waals surface area contributed by atoms with Crippen molar-refractivity contribution >= 4 is 43.4 Å². The first-order chi connectivity index (χ1) is 10.3. The van der Waals surface area contributed by atoms with Gasteiger partial charge in [-0.2, -0.15) is 8.42 Å². The lowest BCUT2D eigenvalue weighted by Gasteiger charge is -2.16. The third-order valence-electron chi connectivity index (χ3n) is 2.84. The highest BCUT2D eigenvalue weighted by Crippen LogP contribution is 2.19. The Morgan fingerprint density at radius 2 is 1.59 bits per heavy atom. The summed E-state index contributed by atoms with van der Waals surface area (Å²) in [5.74, 6) is 0.347. The molecule has 0 saturated carbocycles. The van der Waals surface area contributed by atoms with Gasteiger partial charge in [0.1, 0.15) is 5.84 Å². The van der Waals surface area contributed by atoms with E-state index in [1.165, 1.54) is 12.1 Å². The zero-order valence-electron chi connectivity index (χ0n) is 12.0. The summed E-state index contributed by atoms with van der Waals surface area (Å²) in [4.78, 5) is 1.80. The molecule has 0 aliphatic rings. The number of hydrogen-bond donors (Lipinski definition) is 0. The standard InChI is InChI=1S/C15H14BrClN2O2S/c1-19(2)15(11-3-7-13(17)8-4-11)18-22(20,21)14-9-5-12(16)6-10-14/h3-10H,1-2H3/b18-15-. The van der Waals surface area contributed by atoms with Crippen LogP contribution in [0.15, 0.2) is 62.3 Å². The van der Waals surface area contributed by atoms with Gasteiger partial charge in [-0.25, -0.2) is 0 Å². The summed E-state index contributed by atoms with van der Waals surface area (Å²) in [6, 6.07) is 13.2. The fourth-order valence-corrected chi connectivity index (χ4v) is 3.24. The third-order valence-corrected chi connectivity index (χ3v) is 4.91. The van der Waals surface area contributed by atoms with E-state index in [1.54, 1.807) is 55.4 Å². The smallest absolute Gasteiger partial charge is 0.284 e. The van der Waals surface area contributed by atoms with Crippen LogP contribution in [0, 0.1) is 0 Å². The number of amidine groups is 1. The zero-order chi connectivity index (χ0) is 16.3. The summed E-state index contributed by atoms with van der Waals surface area (Å²) in [5, 5.41) is 0.581. The third kappa shape index (κ3) is 4.09. The van der Waals surface area contributed by atoms with E-state index < -0.39 is 10.0 Å². The summed E-state index contributed by atoms with van der Waals surface area (Å²) in [6.45, 7) is 0. The first kappa shape index (κ1) is 17.0. The van der Waals surface area contributed by atoms with Gasteiger partial charge >= 0.3 is 0 Å². The van der Waals surface area contributed by atoms with E-state index >= 15 is 0 Å². The molecule has 116 valence electrons. The number of hydrogen-bond acceptors (Lipinski definition) is 2. The van der Waals surface area contributed by atoms with Crippen LogP contribution in [-0.4, -0.2) is 33.2 Å². The Bertz CT molecular complexity index is 785. The van der Waals surface area contributed by atoms with Gasteiger partial charge in [0, 0.05) is 29.2 Å². The van der Waals surface area contributed by atoms with Crippen molar-refractivity contribution in [2.75, 3.05) is 14.1 Å². The van der Waals surface area contributed by atoms with Crippen LogP contribution >= 0.6 is 27.5 Å². The minimum atomic E-state index is -3.79. The second-order valence-corrected chi connectivity index (χ2v) is 7.70. The van der Waals surface area contributed by atoms with E-state index in [0.29, 0.717) is 16.4 Å². The van der Waals surface area contributed by atoms with Crippen molar-refractivity contribution in [3.63, 3.8) is 0 Å². The molecule has 22 heavy (non-hydrogen) atoms. The molecule has 0 amide bonds. The van der Waals surface area contributed by atoms with Crippen LogP contribution in [0.4, 0.5) is 0 Å². The van der Waals surface area contributed by atoms with E-state index in [-0.39, 0.29) is 4.90 Å². The molecule has 0 aliphatic carbocycles. The monoisotopic (exact) mass is 400 g/mol. The highest BCUT2D eigenvalue weighted by molar-refractivity contribution is 9.10. The van der Waals surface area contributed by atoms with Crippen molar-refractivity contribution in [3.05, 3.63) is 63.6 Å². The molecule has 0 aliphatic heterocycles. The van der Waals surface area contributed by atoms with Crippen LogP contribution in [0.2, 0.25) is 5.02 Å². The van der Waals surface area contributed by atoms with E-state index in [4.69, 9.17) is 11.6 Å². The fourth-order valence-electron chi connectivity index (χ4n) is 1.76. The second-order valence-electron chi connectivity index (χ2n) is 4.75. The summed E-state index contributed by atoms with van der Waals surface area (Å²) in [7, 11) is -0.306. The van der Waals surface area contributed by atoms with Gasteiger partial charge in [0.15, 0.2) is 0 Å². The van der Waals surface area contributed by atoms with Crippen molar-refractivity contribution in [3.8, 4) is 0 Å². The minimum Gasteiger partial charge on any atom is -0.362 e. The minimum absolute atomic E-state index is 0.143. The van der Waals surface area contributed by atoms with Gasteiger partial charge in [-0.1, -0.05) is 27.5 Å². The number of sulfonamides is 1. The molecule has 7 heteroatoms. The van der Waals surface area contributed by atoms with Crippen molar-refractivity contribution < 1.29 is 8.42 Å². The van der Waals surface area contributed by atoms with Gasteiger partial charge < -0.3 is 4.90 Å². The summed E-state index contributed by atoms with van der Waals surface area (Å²) in [5.41, 5.74) is 0.676. The SMILES string of the molecule is CN(C)/C(=N\S(=O)(=O)c1ccc(Br)cc1)c1ccc(Cl)cc1. The summed E-state index contributed by atoms with van der Waals surface area (Å²) < 4.78 is 29.7. The van der Waals surface area contributed by atoms with Crippen LogP contribution < -0.4 is 0 Å². The molecule has 0 spiro atoms. The molecule has 0 radical (unpaired) electrons. The van der Waals surface area contributed by atoms with E-state index in [2.05, 4.69) is 20.3 Å². The Hall–Kier alpha value is -1.37. The Kier molecular flexibility index (Phi) is 5.26. The predicted octanol–water partition coefficient (Wildman–Crippen LogP) is 3.80. The molecule has 2 aromatic rings. The fraction of sp³-hybridized carbons (Fsp3) is 0.133. The van der Waals surface area contributed by atoms with Gasteiger partial charge in [0.25, 0.3) is 10.0 Å². The molecule has 0 aromatic heterocycles. The van der Waals surface area contributed by atoms with Gasteiger partial charge in [-0.15, -0.1) is 4.40 Å². The number of halogens is 2. The van der Waals surface area contributed by atoms with Crippen LogP contribution in [0.1, 0.15) is 5.56 Å². The van der Waals surface area contributed by atoms with Crippen LogP contribution in [0.3, 0.4) is 0 Å². The topological polar surface area (TPSA) is 49.7 Å². The van der Waals surface area contributed by atoms with Gasteiger partial charge in [-0.05, 0) is 48.5 Å². The Balaban J connectivity index is 2.49. The quantitative estimate of drug-likeness (QED) is 0.580. The first-order valence-electron chi connectivity index (χ1n) is 6.33. The molecule has 0 heterocycles. The molecular weight excluding hydrogens is 388 g/mol. The van der Waals surface area contributed by atoms with Crippen molar-refractivity contribution in [2.45, 2.75) is 4.90 Å². The summed E-state index contributed by atoms with van der Waals surface area (Å²) >= 11 is 9.14. The maximum atomic E-state index is 12.4. The van der Waals surface area contributed by atoms with Crippen molar-refractivity contribution in [1.29, 1.82) is 0 Å². The number of benzene rings is 2. The van der Waals surface area contributed by atoms with E-state index in [9.17, 15) is 8.42 Å².